The smallest absolute Gasteiger partial charge is 0.228 e. The minimum absolute atomic E-state index is 0.0471. The SMILES string of the molecule is CCN1CCc2ccc(NC(=O)Cc3ccccc3Cl)cc21. The van der Waals surface area contributed by atoms with Crippen molar-refractivity contribution in [3.05, 3.63) is 58.6 Å². The molecular weight excluding hydrogens is 296 g/mol. The van der Waals surface area contributed by atoms with E-state index in [1.54, 1.807) is 6.07 Å². The number of hydrogen-bond donors (Lipinski definition) is 1. The van der Waals surface area contributed by atoms with Crippen LogP contribution in [0.5, 0.6) is 0 Å². The Morgan fingerprint density at radius 3 is 2.86 bits per heavy atom. The molecule has 1 N–H and O–H groups in total. The van der Waals surface area contributed by atoms with Gasteiger partial charge in [-0.1, -0.05) is 35.9 Å². The Morgan fingerprint density at radius 1 is 1.27 bits per heavy atom. The van der Waals surface area contributed by atoms with E-state index in [0.717, 1.165) is 30.8 Å². The molecule has 0 aliphatic carbocycles. The molecule has 1 heterocycles. The summed E-state index contributed by atoms with van der Waals surface area (Å²) >= 11 is 6.10. The number of nitrogens with one attached hydrogen (secondary N) is 1. The van der Waals surface area contributed by atoms with Crippen molar-refractivity contribution in [3.63, 3.8) is 0 Å². The van der Waals surface area contributed by atoms with Gasteiger partial charge in [-0.2, -0.15) is 0 Å². The van der Waals surface area contributed by atoms with Crippen LogP contribution in [0, 0.1) is 0 Å². The summed E-state index contributed by atoms with van der Waals surface area (Å²) in [5.74, 6) is -0.0471. The monoisotopic (exact) mass is 314 g/mol. The van der Waals surface area contributed by atoms with Crippen molar-refractivity contribution >= 4 is 28.9 Å². The fourth-order valence-corrected chi connectivity index (χ4v) is 3.07. The minimum Gasteiger partial charge on any atom is -0.371 e. The zero-order valence-electron chi connectivity index (χ0n) is 12.6. The lowest BCUT2D eigenvalue weighted by atomic mass is 10.1. The van der Waals surface area contributed by atoms with E-state index in [2.05, 4.69) is 29.3 Å². The number of benzene rings is 2. The second-order valence-electron chi connectivity index (χ2n) is 5.49. The Kier molecular flexibility index (Phi) is 4.34. The van der Waals surface area contributed by atoms with Crippen molar-refractivity contribution < 1.29 is 4.79 Å². The van der Waals surface area contributed by atoms with Crippen LogP contribution < -0.4 is 10.2 Å². The highest BCUT2D eigenvalue weighted by molar-refractivity contribution is 6.31. The predicted octanol–water partition coefficient (Wildman–Crippen LogP) is 3.90. The summed E-state index contributed by atoms with van der Waals surface area (Å²) in [5.41, 5.74) is 4.28. The number of fused-ring (bicyclic) bond motifs is 1. The van der Waals surface area contributed by atoms with E-state index in [9.17, 15) is 4.79 Å². The van der Waals surface area contributed by atoms with Crippen molar-refractivity contribution in [3.8, 4) is 0 Å². The van der Waals surface area contributed by atoms with Crippen molar-refractivity contribution in [1.82, 2.24) is 0 Å². The third-order valence-corrected chi connectivity index (χ3v) is 4.42. The van der Waals surface area contributed by atoms with Crippen molar-refractivity contribution in [2.75, 3.05) is 23.3 Å². The second kappa shape index (κ2) is 6.41. The van der Waals surface area contributed by atoms with Gasteiger partial charge in [0.15, 0.2) is 0 Å². The van der Waals surface area contributed by atoms with Crippen molar-refractivity contribution in [2.24, 2.45) is 0 Å². The fraction of sp³-hybridized carbons (Fsp3) is 0.278. The topological polar surface area (TPSA) is 32.3 Å². The molecule has 4 heteroatoms. The fourth-order valence-electron chi connectivity index (χ4n) is 2.87. The first-order valence-electron chi connectivity index (χ1n) is 7.58. The van der Waals surface area contributed by atoms with Gasteiger partial charge in [-0.05, 0) is 42.7 Å². The lowest BCUT2D eigenvalue weighted by Crippen LogP contribution is -2.19. The summed E-state index contributed by atoms with van der Waals surface area (Å²) in [6.07, 6.45) is 1.37. The van der Waals surface area contributed by atoms with E-state index in [1.165, 1.54) is 11.3 Å². The summed E-state index contributed by atoms with van der Waals surface area (Å²) in [7, 11) is 0. The van der Waals surface area contributed by atoms with Gasteiger partial charge in [-0.3, -0.25) is 4.79 Å². The maximum Gasteiger partial charge on any atom is 0.228 e. The highest BCUT2D eigenvalue weighted by atomic mass is 35.5. The van der Waals surface area contributed by atoms with Gasteiger partial charge in [-0.25, -0.2) is 0 Å². The van der Waals surface area contributed by atoms with E-state index in [-0.39, 0.29) is 12.3 Å². The maximum atomic E-state index is 12.2. The van der Waals surface area contributed by atoms with Crippen molar-refractivity contribution in [1.29, 1.82) is 0 Å². The molecule has 1 aliphatic rings. The summed E-state index contributed by atoms with van der Waals surface area (Å²) < 4.78 is 0. The number of carbonyl (C=O) groups is 1. The summed E-state index contributed by atoms with van der Waals surface area (Å²) in [5, 5.41) is 3.60. The van der Waals surface area contributed by atoms with Gasteiger partial charge in [0.25, 0.3) is 0 Å². The van der Waals surface area contributed by atoms with Crippen LogP contribution >= 0.6 is 11.6 Å². The molecule has 0 spiro atoms. The highest BCUT2D eigenvalue weighted by Crippen LogP contribution is 2.30. The number of halogens is 1. The third kappa shape index (κ3) is 3.09. The van der Waals surface area contributed by atoms with Gasteiger partial charge in [0.1, 0.15) is 0 Å². The Labute approximate surface area is 135 Å². The molecule has 0 fully saturated rings. The first-order valence-corrected chi connectivity index (χ1v) is 7.96. The molecule has 1 aliphatic heterocycles. The molecule has 0 saturated heterocycles. The minimum atomic E-state index is -0.0471. The van der Waals surface area contributed by atoms with Crippen LogP contribution in [-0.2, 0) is 17.6 Å². The predicted molar refractivity (Wildman–Crippen MR) is 91.8 cm³/mol. The van der Waals surface area contributed by atoms with Crippen molar-refractivity contribution in [2.45, 2.75) is 19.8 Å². The van der Waals surface area contributed by atoms with Gasteiger partial charge < -0.3 is 10.2 Å². The zero-order valence-corrected chi connectivity index (χ0v) is 13.4. The summed E-state index contributed by atoms with van der Waals surface area (Å²) in [4.78, 5) is 14.5. The average Bonchev–Trinajstić information content (AvgIpc) is 2.92. The molecule has 22 heavy (non-hydrogen) atoms. The standard InChI is InChI=1S/C18H19ClN2O/c1-2-21-10-9-13-7-8-15(12-17(13)21)20-18(22)11-14-5-3-4-6-16(14)19/h3-8,12H,2,9-11H2,1H3,(H,20,22). The molecule has 3 nitrogen and oxygen atoms in total. The van der Waals surface area contributed by atoms with E-state index in [0.29, 0.717) is 5.02 Å². The largest absolute Gasteiger partial charge is 0.371 e. The number of likely N-dealkylation sites (N-methyl/N-ethyl adjacent to an activating group) is 1. The van der Waals surface area contributed by atoms with Crippen LogP contribution in [0.3, 0.4) is 0 Å². The zero-order chi connectivity index (χ0) is 15.5. The maximum absolute atomic E-state index is 12.2. The van der Waals surface area contributed by atoms with Crippen LogP contribution in [0.25, 0.3) is 0 Å². The first-order chi connectivity index (χ1) is 10.7. The van der Waals surface area contributed by atoms with Crippen LogP contribution in [0.1, 0.15) is 18.1 Å². The van der Waals surface area contributed by atoms with E-state index in [1.807, 2.05) is 24.3 Å². The van der Waals surface area contributed by atoms with Gasteiger partial charge in [0.2, 0.25) is 5.91 Å². The average molecular weight is 315 g/mol. The lowest BCUT2D eigenvalue weighted by Gasteiger charge is -2.17. The molecule has 2 aromatic rings. The number of anilines is 2. The quantitative estimate of drug-likeness (QED) is 0.928. The number of nitrogens with zero attached hydrogens (tertiary/aromatic N) is 1. The van der Waals surface area contributed by atoms with Crippen LogP contribution in [0.4, 0.5) is 11.4 Å². The van der Waals surface area contributed by atoms with Crippen LogP contribution in [-0.4, -0.2) is 19.0 Å². The molecule has 114 valence electrons. The Bertz CT molecular complexity index is 699. The van der Waals surface area contributed by atoms with Gasteiger partial charge in [-0.15, -0.1) is 0 Å². The molecular formula is C18H19ClN2O. The lowest BCUT2D eigenvalue weighted by molar-refractivity contribution is -0.115. The molecule has 0 saturated carbocycles. The van der Waals surface area contributed by atoms with Gasteiger partial charge in [0, 0.05) is 29.5 Å². The third-order valence-electron chi connectivity index (χ3n) is 4.05. The molecule has 2 aromatic carbocycles. The Balaban J connectivity index is 1.71. The van der Waals surface area contributed by atoms with E-state index >= 15 is 0 Å². The van der Waals surface area contributed by atoms with Gasteiger partial charge in [0.05, 0.1) is 6.42 Å². The Hall–Kier alpha value is -2.00. The number of hydrogen-bond acceptors (Lipinski definition) is 2. The number of rotatable bonds is 4. The molecule has 0 radical (unpaired) electrons. The number of carbonyl (C=O) groups excluding carboxylic acids is 1. The summed E-state index contributed by atoms with van der Waals surface area (Å²) in [6.45, 7) is 4.20. The molecule has 3 rings (SSSR count). The van der Waals surface area contributed by atoms with E-state index in [4.69, 9.17) is 11.6 Å². The summed E-state index contributed by atoms with van der Waals surface area (Å²) in [6, 6.07) is 13.6. The van der Waals surface area contributed by atoms with Gasteiger partial charge >= 0.3 is 0 Å². The molecule has 1 amide bonds. The van der Waals surface area contributed by atoms with Crippen LogP contribution in [0.2, 0.25) is 5.02 Å². The molecule has 0 atom stereocenters. The molecule has 0 bridgehead atoms. The van der Waals surface area contributed by atoms with Crippen LogP contribution in [0.15, 0.2) is 42.5 Å². The molecule has 0 unspecified atom stereocenters. The van der Waals surface area contributed by atoms with E-state index < -0.39 is 0 Å². The number of amides is 1. The highest BCUT2D eigenvalue weighted by Gasteiger charge is 2.18. The normalized spacial score (nSPS) is 13.1. The second-order valence-corrected chi connectivity index (χ2v) is 5.90. The molecule has 0 aromatic heterocycles. The Morgan fingerprint density at radius 2 is 2.09 bits per heavy atom. The first kappa shape index (κ1) is 14.9.